The molecule has 172 valence electrons. The van der Waals surface area contributed by atoms with Gasteiger partial charge in [0.2, 0.25) is 11.8 Å². The van der Waals surface area contributed by atoms with Crippen LogP contribution in [0.3, 0.4) is 0 Å². The molecule has 1 aliphatic rings. The van der Waals surface area contributed by atoms with E-state index in [2.05, 4.69) is 13.8 Å². The quantitative estimate of drug-likeness (QED) is 0.267. The summed E-state index contributed by atoms with van der Waals surface area (Å²) < 4.78 is 0. The summed E-state index contributed by atoms with van der Waals surface area (Å²) in [5.74, 6) is 0.570. The molecule has 0 atom stereocenters. The minimum Gasteiger partial charge on any atom is -0.339 e. The van der Waals surface area contributed by atoms with Crippen molar-refractivity contribution in [1.82, 2.24) is 9.80 Å². The van der Waals surface area contributed by atoms with Crippen LogP contribution in [0.25, 0.3) is 0 Å². The van der Waals surface area contributed by atoms with E-state index in [1.54, 1.807) is 0 Å². The Labute approximate surface area is 186 Å². The van der Waals surface area contributed by atoms with Gasteiger partial charge in [-0.25, -0.2) is 0 Å². The highest BCUT2D eigenvalue weighted by atomic mass is 35.5. The van der Waals surface area contributed by atoms with Gasteiger partial charge >= 0.3 is 0 Å². The van der Waals surface area contributed by atoms with Crippen LogP contribution in [-0.2, 0) is 9.59 Å². The first-order chi connectivity index (χ1) is 13.7. The zero-order chi connectivity index (χ0) is 20.5. The standard InChI is InChI=1S/C24H46N2O2.ClH/c1-3-5-7-9-11-13-15-17-23(27)25-19-21-26(22-20-25)24(28)18-16-14-12-10-8-6-4-2;/h3-22H2,1-2H3;1H. The molecule has 0 N–H and O–H groups in total. The molecule has 5 heteroatoms. The second-order valence-corrected chi connectivity index (χ2v) is 8.50. The average Bonchev–Trinajstić information content (AvgIpc) is 2.72. The summed E-state index contributed by atoms with van der Waals surface area (Å²) in [6.07, 6.45) is 18.8. The van der Waals surface area contributed by atoms with Crippen molar-refractivity contribution in [2.24, 2.45) is 0 Å². The molecule has 0 aromatic heterocycles. The molecule has 0 saturated carbocycles. The number of hydrogen-bond acceptors (Lipinski definition) is 2. The van der Waals surface area contributed by atoms with E-state index >= 15 is 0 Å². The third kappa shape index (κ3) is 14.0. The van der Waals surface area contributed by atoms with Crippen molar-refractivity contribution in [1.29, 1.82) is 0 Å². The smallest absolute Gasteiger partial charge is 0.222 e. The summed E-state index contributed by atoms with van der Waals surface area (Å²) >= 11 is 0. The summed E-state index contributed by atoms with van der Waals surface area (Å²) in [6.45, 7) is 7.36. The van der Waals surface area contributed by atoms with Gasteiger partial charge < -0.3 is 9.80 Å². The number of carbonyl (C=O) groups is 2. The Morgan fingerprint density at radius 1 is 0.517 bits per heavy atom. The van der Waals surface area contributed by atoms with Crippen molar-refractivity contribution < 1.29 is 9.59 Å². The van der Waals surface area contributed by atoms with Crippen LogP contribution in [0.4, 0.5) is 0 Å². The highest BCUT2D eigenvalue weighted by Crippen LogP contribution is 2.13. The fourth-order valence-electron chi connectivity index (χ4n) is 3.99. The molecule has 1 rings (SSSR count). The number of amides is 2. The Hall–Kier alpha value is -0.770. The van der Waals surface area contributed by atoms with Gasteiger partial charge in [-0.15, -0.1) is 12.4 Å². The summed E-state index contributed by atoms with van der Waals surface area (Å²) in [6, 6.07) is 0. The van der Waals surface area contributed by atoms with Gasteiger partial charge in [0, 0.05) is 39.0 Å². The van der Waals surface area contributed by atoms with Gasteiger partial charge in [0.25, 0.3) is 0 Å². The van der Waals surface area contributed by atoms with Crippen LogP contribution < -0.4 is 0 Å². The molecule has 0 unspecified atom stereocenters. The summed E-state index contributed by atoms with van der Waals surface area (Å²) in [5.41, 5.74) is 0. The number of hydrogen-bond donors (Lipinski definition) is 0. The Balaban J connectivity index is 0.00000784. The first kappa shape index (κ1) is 28.2. The maximum absolute atomic E-state index is 12.4. The normalized spacial score (nSPS) is 14.0. The van der Waals surface area contributed by atoms with Gasteiger partial charge in [-0.3, -0.25) is 9.59 Å². The lowest BCUT2D eigenvalue weighted by Crippen LogP contribution is -2.50. The predicted molar refractivity (Wildman–Crippen MR) is 126 cm³/mol. The van der Waals surface area contributed by atoms with E-state index in [1.807, 2.05) is 9.80 Å². The fraction of sp³-hybridized carbons (Fsp3) is 0.917. The third-order valence-electron chi connectivity index (χ3n) is 5.97. The van der Waals surface area contributed by atoms with E-state index in [0.717, 1.165) is 39.0 Å². The van der Waals surface area contributed by atoms with Gasteiger partial charge in [-0.2, -0.15) is 0 Å². The molecule has 4 nitrogen and oxygen atoms in total. The predicted octanol–water partition coefficient (Wildman–Crippen LogP) is 6.36. The van der Waals surface area contributed by atoms with Gasteiger partial charge in [0.05, 0.1) is 0 Å². The van der Waals surface area contributed by atoms with Gasteiger partial charge in [0.15, 0.2) is 0 Å². The van der Waals surface area contributed by atoms with Crippen LogP contribution >= 0.6 is 12.4 Å². The number of nitrogens with zero attached hydrogens (tertiary/aromatic N) is 2. The molecule has 0 radical (unpaired) electrons. The molecular weight excluding hydrogens is 384 g/mol. The van der Waals surface area contributed by atoms with E-state index in [1.165, 1.54) is 77.0 Å². The molecule has 29 heavy (non-hydrogen) atoms. The lowest BCUT2D eigenvalue weighted by Gasteiger charge is -2.35. The maximum atomic E-state index is 12.4. The molecule has 1 heterocycles. The van der Waals surface area contributed by atoms with Gasteiger partial charge in [0.1, 0.15) is 0 Å². The van der Waals surface area contributed by atoms with Crippen LogP contribution in [0.5, 0.6) is 0 Å². The van der Waals surface area contributed by atoms with Crippen LogP contribution in [0.1, 0.15) is 117 Å². The Morgan fingerprint density at radius 2 is 0.793 bits per heavy atom. The summed E-state index contributed by atoms with van der Waals surface area (Å²) in [7, 11) is 0. The fourth-order valence-corrected chi connectivity index (χ4v) is 3.99. The van der Waals surface area contributed by atoms with E-state index in [9.17, 15) is 9.59 Å². The number of carbonyl (C=O) groups excluding carboxylic acids is 2. The second kappa shape index (κ2) is 19.2. The lowest BCUT2D eigenvalue weighted by molar-refractivity contribution is -0.139. The third-order valence-corrected chi connectivity index (χ3v) is 5.97. The first-order valence-electron chi connectivity index (χ1n) is 12.2. The van der Waals surface area contributed by atoms with Crippen LogP contribution in [0, 0.1) is 0 Å². The highest BCUT2D eigenvalue weighted by Gasteiger charge is 2.23. The molecule has 0 bridgehead atoms. The van der Waals surface area contributed by atoms with Crippen LogP contribution in [0.15, 0.2) is 0 Å². The molecule has 1 aliphatic heterocycles. The zero-order valence-electron chi connectivity index (χ0n) is 19.3. The Bertz CT molecular complexity index is 372. The lowest BCUT2D eigenvalue weighted by atomic mass is 10.1. The molecule has 0 spiro atoms. The average molecular weight is 431 g/mol. The number of unbranched alkanes of at least 4 members (excludes halogenated alkanes) is 12. The Kier molecular flexibility index (Phi) is 18.7. The molecule has 0 aromatic carbocycles. The van der Waals surface area contributed by atoms with E-state index < -0.39 is 0 Å². The largest absolute Gasteiger partial charge is 0.339 e. The van der Waals surface area contributed by atoms with Crippen molar-refractivity contribution in [2.45, 2.75) is 117 Å². The first-order valence-corrected chi connectivity index (χ1v) is 12.2. The molecular formula is C24H47ClN2O2. The minimum atomic E-state index is 0. The van der Waals surface area contributed by atoms with Gasteiger partial charge in [-0.05, 0) is 12.8 Å². The van der Waals surface area contributed by atoms with E-state index in [-0.39, 0.29) is 24.2 Å². The summed E-state index contributed by atoms with van der Waals surface area (Å²) in [5, 5.41) is 0. The maximum Gasteiger partial charge on any atom is 0.222 e. The highest BCUT2D eigenvalue weighted by molar-refractivity contribution is 5.85. The van der Waals surface area contributed by atoms with Crippen molar-refractivity contribution in [3.8, 4) is 0 Å². The molecule has 1 fully saturated rings. The van der Waals surface area contributed by atoms with Crippen molar-refractivity contribution in [3.05, 3.63) is 0 Å². The van der Waals surface area contributed by atoms with Crippen LogP contribution in [-0.4, -0.2) is 47.8 Å². The SMILES string of the molecule is CCCCCCCCCC(=O)N1CCN(C(=O)CCCCCCCCC)CC1.Cl. The number of rotatable bonds is 16. The summed E-state index contributed by atoms with van der Waals surface area (Å²) in [4.78, 5) is 28.6. The van der Waals surface area contributed by atoms with Crippen molar-refractivity contribution in [2.75, 3.05) is 26.2 Å². The number of piperazine rings is 1. The monoisotopic (exact) mass is 430 g/mol. The molecule has 1 saturated heterocycles. The number of halogens is 1. The van der Waals surface area contributed by atoms with Gasteiger partial charge in [-0.1, -0.05) is 90.9 Å². The topological polar surface area (TPSA) is 40.6 Å². The van der Waals surface area contributed by atoms with E-state index in [4.69, 9.17) is 0 Å². The minimum absolute atomic E-state index is 0. The zero-order valence-corrected chi connectivity index (χ0v) is 20.1. The molecule has 2 amide bonds. The van der Waals surface area contributed by atoms with Crippen molar-refractivity contribution in [3.63, 3.8) is 0 Å². The Morgan fingerprint density at radius 3 is 1.10 bits per heavy atom. The van der Waals surface area contributed by atoms with E-state index in [0.29, 0.717) is 12.8 Å². The molecule has 0 aromatic rings. The second-order valence-electron chi connectivity index (χ2n) is 8.50. The van der Waals surface area contributed by atoms with Crippen molar-refractivity contribution >= 4 is 24.2 Å². The van der Waals surface area contributed by atoms with Crippen LogP contribution in [0.2, 0.25) is 0 Å². The molecule has 0 aliphatic carbocycles.